The van der Waals surface area contributed by atoms with E-state index in [2.05, 4.69) is 20.9 Å². The molecule has 5 rings (SSSR count). The summed E-state index contributed by atoms with van der Waals surface area (Å²) in [5.74, 6) is 0.358. The van der Waals surface area contributed by atoms with Gasteiger partial charge in [-0.1, -0.05) is 12.1 Å². The number of piperazine rings is 1. The van der Waals surface area contributed by atoms with E-state index in [1.54, 1.807) is 30.5 Å². The van der Waals surface area contributed by atoms with E-state index in [-0.39, 0.29) is 23.4 Å². The highest BCUT2D eigenvalue weighted by Crippen LogP contribution is 2.32. The van der Waals surface area contributed by atoms with Gasteiger partial charge in [0.05, 0.1) is 10.9 Å². The predicted octanol–water partition coefficient (Wildman–Crippen LogP) is 2.75. The maximum absolute atomic E-state index is 13.9. The van der Waals surface area contributed by atoms with Crippen molar-refractivity contribution < 1.29 is 9.18 Å². The zero-order chi connectivity index (χ0) is 22.2. The second-order valence-corrected chi connectivity index (χ2v) is 8.44. The molecule has 2 fully saturated rings. The Kier molecular flexibility index (Phi) is 5.10. The average molecular weight is 431 g/mol. The molecule has 2 saturated heterocycles. The Balaban J connectivity index is 1.26. The average Bonchev–Trinajstić information content (AvgIpc) is 3.06. The van der Waals surface area contributed by atoms with Gasteiger partial charge < -0.3 is 14.8 Å². The topological polar surface area (TPSA) is 93.1 Å². The number of nitriles is 1. The molecule has 0 radical (unpaired) electrons. The fourth-order valence-electron chi connectivity index (χ4n) is 4.97. The summed E-state index contributed by atoms with van der Waals surface area (Å²) < 4.78 is 13.9. The fourth-order valence-corrected chi connectivity index (χ4v) is 4.97. The van der Waals surface area contributed by atoms with Gasteiger partial charge in [0.25, 0.3) is 5.56 Å². The second-order valence-electron chi connectivity index (χ2n) is 8.44. The molecular formula is C24H22FN5O2. The molecule has 0 aliphatic carbocycles. The first kappa shape index (κ1) is 20.2. The van der Waals surface area contributed by atoms with E-state index in [4.69, 9.17) is 5.26 Å². The molecule has 7 nitrogen and oxygen atoms in total. The van der Waals surface area contributed by atoms with E-state index in [1.807, 2.05) is 11.0 Å². The van der Waals surface area contributed by atoms with Crippen molar-refractivity contribution in [1.29, 1.82) is 5.26 Å². The number of halogens is 1. The summed E-state index contributed by atoms with van der Waals surface area (Å²) in [6.07, 6.45) is 4.17. The fraction of sp³-hybridized carbons (Fsp3) is 0.333. The Morgan fingerprint density at radius 2 is 2.00 bits per heavy atom. The minimum absolute atomic E-state index is 0.0492. The van der Waals surface area contributed by atoms with E-state index in [1.165, 1.54) is 6.07 Å². The third kappa shape index (κ3) is 3.60. The van der Waals surface area contributed by atoms with Crippen LogP contribution < -0.4 is 10.5 Å². The molecule has 162 valence electrons. The van der Waals surface area contributed by atoms with Crippen LogP contribution in [0.25, 0.3) is 10.8 Å². The number of carbonyl (C=O) groups is 1. The number of H-pyrrole nitrogens is 1. The van der Waals surface area contributed by atoms with Gasteiger partial charge in [-0.25, -0.2) is 9.37 Å². The highest BCUT2D eigenvalue weighted by atomic mass is 19.1. The summed E-state index contributed by atoms with van der Waals surface area (Å²) in [6, 6.07) is 12.2. The van der Waals surface area contributed by atoms with Crippen LogP contribution in [0.3, 0.4) is 0 Å². The first-order valence-electron chi connectivity index (χ1n) is 10.8. The number of pyridine rings is 2. The van der Waals surface area contributed by atoms with Crippen LogP contribution in [-0.4, -0.2) is 45.9 Å². The van der Waals surface area contributed by atoms with Crippen LogP contribution in [0.1, 0.15) is 30.5 Å². The number of rotatable bonds is 4. The lowest BCUT2D eigenvalue weighted by atomic mass is 10.1. The van der Waals surface area contributed by atoms with Gasteiger partial charge in [0.1, 0.15) is 17.7 Å². The van der Waals surface area contributed by atoms with Crippen LogP contribution >= 0.6 is 0 Å². The lowest BCUT2D eigenvalue weighted by molar-refractivity contribution is -0.134. The third-order valence-electron chi connectivity index (χ3n) is 6.46. The number of fused-ring (bicyclic) bond motifs is 3. The molecule has 2 unspecified atom stereocenters. The summed E-state index contributed by atoms with van der Waals surface area (Å²) in [6.45, 7) is 1.43. The number of aryl methyl sites for hydroxylation is 1. The van der Waals surface area contributed by atoms with E-state index < -0.39 is 11.4 Å². The van der Waals surface area contributed by atoms with Crippen LogP contribution in [0.2, 0.25) is 0 Å². The minimum atomic E-state index is -0.544. The van der Waals surface area contributed by atoms with Gasteiger partial charge in [0, 0.05) is 43.5 Å². The normalized spacial score (nSPS) is 19.9. The Morgan fingerprint density at radius 3 is 2.69 bits per heavy atom. The molecule has 3 aromatic rings. The Morgan fingerprint density at radius 1 is 1.22 bits per heavy atom. The van der Waals surface area contributed by atoms with Crippen molar-refractivity contribution in [2.24, 2.45) is 0 Å². The number of amides is 1. The number of nitrogens with one attached hydrogen (secondary N) is 1. The quantitative estimate of drug-likeness (QED) is 0.686. The van der Waals surface area contributed by atoms with Gasteiger partial charge in [-0.2, -0.15) is 5.26 Å². The minimum Gasteiger partial charge on any atom is -0.352 e. The van der Waals surface area contributed by atoms with Crippen molar-refractivity contribution in [3.63, 3.8) is 0 Å². The summed E-state index contributed by atoms with van der Waals surface area (Å²) in [5, 5.41) is 9.55. The van der Waals surface area contributed by atoms with Crippen molar-refractivity contribution >= 4 is 22.5 Å². The van der Waals surface area contributed by atoms with Crippen molar-refractivity contribution in [3.05, 3.63) is 70.0 Å². The van der Waals surface area contributed by atoms with Gasteiger partial charge in [0.2, 0.25) is 5.91 Å². The Bertz CT molecular complexity index is 1270. The van der Waals surface area contributed by atoms with E-state index in [0.29, 0.717) is 42.6 Å². The number of aromatic nitrogens is 2. The van der Waals surface area contributed by atoms with Crippen LogP contribution in [0.15, 0.2) is 47.4 Å². The molecule has 32 heavy (non-hydrogen) atoms. The number of benzene rings is 1. The smallest absolute Gasteiger partial charge is 0.258 e. The number of anilines is 1. The lowest BCUT2D eigenvalue weighted by Gasteiger charge is -2.41. The van der Waals surface area contributed by atoms with E-state index >= 15 is 0 Å². The molecule has 2 aliphatic heterocycles. The SMILES string of the molecule is N#Cc1ccc(N2CC3CCC(C2)N3C(=O)CCc2cc3cccc(F)c3c(=O)[nH]2)nc1. The van der Waals surface area contributed by atoms with Crippen molar-refractivity contribution in [2.45, 2.75) is 37.8 Å². The molecule has 1 amide bonds. The molecule has 2 aromatic heterocycles. The highest BCUT2D eigenvalue weighted by molar-refractivity contribution is 5.82. The zero-order valence-electron chi connectivity index (χ0n) is 17.4. The van der Waals surface area contributed by atoms with E-state index in [9.17, 15) is 14.0 Å². The molecule has 4 heterocycles. The second kappa shape index (κ2) is 8.08. The third-order valence-corrected chi connectivity index (χ3v) is 6.46. The van der Waals surface area contributed by atoms with Crippen LogP contribution in [0.4, 0.5) is 10.2 Å². The van der Waals surface area contributed by atoms with Crippen molar-refractivity contribution in [2.75, 3.05) is 18.0 Å². The summed E-state index contributed by atoms with van der Waals surface area (Å²) >= 11 is 0. The van der Waals surface area contributed by atoms with Gasteiger partial charge in [-0.05, 0) is 48.9 Å². The predicted molar refractivity (Wildman–Crippen MR) is 118 cm³/mol. The maximum atomic E-state index is 13.9. The molecule has 0 spiro atoms. The largest absolute Gasteiger partial charge is 0.352 e. The molecule has 2 bridgehead atoms. The van der Waals surface area contributed by atoms with Crippen molar-refractivity contribution in [3.8, 4) is 6.07 Å². The summed E-state index contributed by atoms with van der Waals surface area (Å²) in [5.41, 5.74) is 0.695. The first-order chi connectivity index (χ1) is 15.5. The van der Waals surface area contributed by atoms with Gasteiger partial charge in [0.15, 0.2) is 0 Å². The van der Waals surface area contributed by atoms with Gasteiger partial charge in [-0.15, -0.1) is 0 Å². The Hall–Kier alpha value is -3.73. The maximum Gasteiger partial charge on any atom is 0.258 e. The van der Waals surface area contributed by atoms with Gasteiger partial charge >= 0.3 is 0 Å². The number of hydrogen-bond donors (Lipinski definition) is 1. The molecule has 8 heteroatoms. The van der Waals surface area contributed by atoms with Gasteiger partial charge in [-0.3, -0.25) is 9.59 Å². The van der Waals surface area contributed by atoms with E-state index in [0.717, 1.165) is 18.7 Å². The highest BCUT2D eigenvalue weighted by Gasteiger charge is 2.42. The molecule has 2 atom stereocenters. The molecule has 1 N–H and O–H groups in total. The first-order valence-corrected chi connectivity index (χ1v) is 10.8. The number of aromatic amines is 1. The molecule has 0 saturated carbocycles. The number of hydrogen-bond acceptors (Lipinski definition) is 5. The van der Waals surface area contributed by atoms with Crippen LogP contribution in [0.5, 0.6) is 0 Å². The van der Waals surface area contributed by atoms with Crippen LogP contribution in [0, 0.1) is 17.1 Å². The molecule has 1 aromatic carbocycles. The summed E-state index contributed by atoms with van der Waals surface area (Å²) in [7, 11) is 0. The molecular weight excluding hydrogens is 409 g/mol. The van der Waals surface area contributed by atoms with Crippen molar-refractivity contribution in [1.82, 2.24) is 14.9 Å². The standard InChI is InChI=1S/C24H22FN5O2/c25-20-3-1-2-16-10-17(28-24(32)23(16)20)5-9-22(31)30-18-6-7-19(30)14-29(13-18)21-8-4-15(11-26)12-27-21/h1-4,8,10,12,18-19H,5-7,9,13-14H2,(H,28,32). The number of carbonyl (C=O) groups excluding carboxylic acids is 1. The monoisotopic (exact) mass is 431 g/mol. The zero-order valence-corrected chi connectivity index (χ0v) is 17.4. The number of nitrogens with zero attached hydrogens (tertiary/aromatic N) is 4. The summed E-state index contributed by atoms with van der Waals surface area (Å²) in [4.78, 5) is 36.6. The lowest BCUT2D eigenvalue weighted by Crippen LogP contribution is -2.56. The Labute approximate surface area is 184 Å². The van der Waals surface area contributed by atoms with Crippen LogP contribution in [-0.2, 0) is 11.2 Å². The molecule has 2 aliphatic rings.